The minimum Gasteiger partial charge on any atom is -0.299 e. The molecule has 0 aliphatic carbocycles. The van der Waals surface area contributed by atoms with Gasteiger partial charge >= 0.3 is 0 Å². The van der Waals surface area contributed by atoms with E-state index in [0.29, 0.717) is 6.54 Å². The van der Waals surface area contributed by atoms with Crippen LogP contribution in [0.4, 0.5) is 0 Å². The molecular weight excluding hydrogens is 260 g/mol. The normalized spacial score (nSPS) is 17.9. The lowest BCUT2D eigenvalue weighted by molar-refractivity contribution is -0.118. The standard InChI is InChI=1S/C18H28N2O/c1-15(21)13-19-8-10-20(11-9-19)14-16-6-5-7-17(12-16)18(2,3)4/h5-7,12H,8-11,13-14H2,1-4H3. The first kappa shape index (κ1) is 16.2. The van der Waals surface area contributed by atoms with Crippen LogP contribution >= 0.6 is 0 Å². The van der Waals surface area contributed by atoms with E-state index in [1.165, 1.54) is 11.1 Å². The van der Waals surface area contributed by atoms with Gasteiger partial charge in [-0.1, -0.05) is 45.0 Å². The SMILES string of the molecule is CC(=O)CN1CCN(Cc2cccc(C(C)(C)C)c2)CC1. The molecule has 1 aliphatic heterocycles. The molecule has 0 amide bonds. The van der Waals surface area contributed by atoms with Gasteiger partial charge in [-0.3, -0.25) is 14.6 Å². The van der Waals surface area contributed by atoms with Gasteiger partial charge in [0, 0.05) is 32.7 Å². The van der Waals surface area contributed by atoms with E-state index in [4.69, 9.17) is 0 Å². The highest BCUT2D eigenvalue weighted by Crippen LogP contribution is 2.23. The van der Waals surface area contributed by atoms with Crippen LogP contribution in [0.2, 0.25) is 0 Å². The Morgan fingerprint density at radius 2 is 1.71 bits per heavy atom. The molecule has 0 radical (unpaired) electrons. The van der Waals surface area contributed by atoms with Crippen LogP contribution < -0.4 is 0 Å². The molecule has 1 aliphatic rings. The molecule has 0 N–H and O–H groups in total. The minimum absolute atomic E-state index is 0.205. The van der Waals surface area contributed by atoms with Crippen LogP contribution in [0.3, 0.4) is 0 Å². The lowest BCUT2D eigenvalue weighted by atomic mass is 9.86. The maximum Gasteiger partial charge on any atom is 0.143 e. The fourth-order valence-electron chi connectivity index (χ4n) is 2.81. The van der Waals surface area contributed by atoms with Crippen LogP contribution in [0.25, 0.3) is 0 Å². The molecule has 1 heterocycles. The Morgan fingerprint density at radius 3 is 2.29 bits per heavy atom. The zero-order chi connectivity index (χ0) is 15.5. The number of nitrogens with zero attached hydrogens (tertiary/aromatic N) is 2. The monoisotopic (exact) mass is 288 g/mol. The summed E-state index contributed by atoms with van der Waals surface area (Å²) in [4.78, 5) is 15.9. The van der Waals surface area contributed by atoms with Crippen molar-refractivity contribution in [1.82, 2.24) is 9.80 Å². The Morgan fingerprint density at radius 1 is 1.10 bits per heavy atom. The summed E-state index contributed by atoms with van der Waals surface area (Å²) in [5, 5.41) is 0. The fraction of sp³-hybridized carbons (Fsp3) is 0.611. The summed E-state index contributed by atoms with van der Waals surface area (Å²) in [5.74, 6) is 0.265. The maximum atomic E-state index is 11.2. The van der Waals surface area contributed by atoms with Crippen molar-refractivity contribution in [3.63, 3.8) is 0 Å². The summed E-state index contributed by atoms with van der Waals surface area (Å²) in [6, 6.07) is 8.94. The summed E-state index contributed by atoms with van der Waals surface area (Å²) in [6.45, 7) is 14.2. The summed E-state index contributed by atoms with van der Waals surface area (Å²) in [5.41, 5.74) is 2.99. The van der Waals surface area contributed by atoms with Gasteiger partial charge in [-0.2, -0.15) is 0 Å². The first-order valence-electron chi connectivity index (χ1n) is 7.88. The lowest BCUT2D eigenvalue weighted by Crippen LogP contribution is -2.47. The topological polar surface area (TPSA) is 23.6 Å². The third kappa shape index (κ3) is 4.94. The molecule has 0 atom stereocenters. The quantitative estimate of drug-likeness (QED) is 0.851. The highest BCUT2D eigenvalue weighted by Gasteiger charge is 2.19. The molecule has 2 rings (SSSR count). The van der Waals surface area contributed by atoms with Gasteiger partial charge in [-0.25, -0.2) is 0 Å². The van der Waals surface area contributed by atoms with Gasteiger partial charge in [0.05, 0.1) is 6.54 Å². The molecular formula is C18H28N2O. The van der Waals surface area contributed by atoms with Gasteiger partial charge in [0.1, 0.15) is 5.78 Å². The number of carbonyl (C=O) groups excluding carboxylic acids is 1. The zero-order valence-electron chi connectivity index (χ0n) is 13.9. The van der Waals surface area contributed by atoms with Crippen LogP contribution in [0, 0.1) is 0 Å². The summed E-state index contributed by atoms with van der Waals surface area (Å²) < 4.78 is 0. The second kappa shape index (κ2) is 6.71. The number of benzene rings is 1. The predicted octanol–water partition coefficient (Wildman–Crippen LogP) is 2.69. The van der Waals surface area contributed by atoms with Crippen molar-refractivity contribution in [2.24, 2.45) is 0 Å². The van der Waals surface area contributed by atoms with E-state index < -0.39 is 0 Å². The van der Waals surface area contributed by atoms with Gasteiger partial charge in [-0.05, 0) is 23.5 Å². The average Bonchev–Trinajstić information content (AvgIpc) is 2.40. The highest BCUT2D eigenvalue weighted by atomic mass is 16.1. The van der Waals surface area contributed by atoms with Crippen molar-refractivity contribution in [2.45, 2.75) is 39.7 Å². The first-order chi connectivity index (χ1) is 9.84. The molecule has 21 heavy (non-hydrogen) atoms. The van der Waals surface area contributed by atoms with E-state index in [9.17, 15) is 4.79 Å². The van der Waals surface area contributed by atoms with Crippen molar-refractivity contribution in [2.75, 3.05) is 32.7 Å². The van der Waals surface area contributed by atoms with Crippen LogP contribution in [-0.2, 0) is 16.8 Å². The van der Waals surface area contributed by atoms with E-state index >= 15 is 0 Å². The van der Waals surface area contributed by atoms with Crippen LogP contribution in [-0.4, -0.2) is 48.3 Å². The Kier molecular flexibility index (Phi) is 5.17. The summed E-state index contributed by atoms with van der Waals surface area (Å²) >= 11 is 0. The lowest BCUT2D eigenvalue weighted by Gasteiger charge is -2.34. The average molecular weight is 288 g/mol. The molecule has 0 aromatic heterocycles. The van der Waals surface area contributed by atoms with Crippen molar-refractivity contribution in [1.29, 1.82) is 0 Å². The molecule has 0 bridgehead atoms. The largest absolute Gasteiger partial charge is 0.299 e. The number of rotatable bonds is 4. The van der Waals surface area contributed by atoms with Gasteiger partial charge in [0.15, 0.2) is 0 Å². The molecule has 3 nitrogen and oxygen atoms in total. The first-order valence-corrected chi connectivity index (χ1v) is 7.88. The number of Topliss-reactive ketones (excluding diaryl/α,β-unsaturated/α-hetero) is 1. The molecule has 0 saturated carbocycles. The van der Waals surface area contributed by atoms with Crippen LogP contribution in [0.15, 0.2) is 24.3 Å². The van der Waals surface area contributed by atoms with E-state index in [-0.39, 0.29) is 11.2 Å². The van der Waals surface area contributed by atoms with Gasteiger partial charge < -0.3 is 0 Å². The van der Waals surface area contributed by atoms with Gasteiger partial charge in [0.2, 0.25) is 0 Å². The molecule has 116 valence electrons. The fourth-order valence-corrected chi connectivity index (χ4v) is 2.81. The molecule has 1 fully saturated rings. The number of hydrogen-bond acceptors (Lipinski definition) is 3. The smallest absolute Gasteiger partial charge is 0.143 e. The van der Waals surface area contributed by atoms with Crippen LogP contribution in [0.1, 0.15) is 38.8 Å². The van der Waals surface area contributed by atoms with E-state index in [0.717, 1.165) is 32.7 Å². The molecule has 1 aromatic rings. The molecule has 1 aromatic carbocycles. The number of hydrogen-bond donors (Lipinski definition) is 0. The third-order valence-corrected chi connectivity index (χ3v) is 4.11. The second-order valence-electron chi connectivity index (χ2n) is 7.20. The van der Waals surface area contributed by atoms with Crippen LogP contribution in [0.5, 0.6) is 0 Å². The van der Waals surface area contributed by atoms with E-state index in [2.05, 4.69) is 54.8 Å². The highest BCUT2D eigenvalue weighted by molar-refractivity contribution is 5.77. The summed E-state index contributed by atoms with van der Waals surface area (Å²) in [6.07, 6.45) is 0. The Hall–Kier alpha value is -1.19. The van der Waals surface area contributed by atoms with Crippen molar-refractivity contribution >= 4 is 5.78 Å². The Balaban J connectivity index is 1.90. The third-order valence-electron chi connectivity index (χ3n) is 4.11. The van der Waals surface area contributed by atoms with Gasteiger partial charge in [-0.15, -0.1) is 0 Å². The zero-order valence-corrected chi connectivity index (χ0v) is 13.9. The van der Waals surface area contributed by atoms with E-state index in [1.807, 2.05) is 0 Å². The second-order valence-corrected chi connectivity index (χ2v) is 7.20. The molecule has 3 heteroatoms. The minimum atomic E-state index is 0.205. The maximum absolute atomic E-state index is 11.2. The molecule has 1 saturated heterocycles. The number of piperazine rings is 1. The number of ketones is 1. The molecule has 0 unspecified atom stereocenters. The number of carbonyl (C=O) groups is 1. The van der Waals surface area contributed by atoms with E-state index in [1.54, 1.807) is 6.92 Å². The Bertz CT molecular complexity index is 482. The summed E-state index contributed by atoms with van der Waals surface area (Å²) in [7, 11) is 0. The van der Waals surface area contributed by atoms with Crippen molar-refractivity contribution < 1.29 is 4.79 Å². The van der Waals surface area contributed by atoms with Crippen molar-refractivity contribution in [3.8, 4) is 0 Å². The Labute approximate surface area is 128 Å². The van der Waals surface area contributed by atoms with Crippen molar-refractivity contribution in [3.05, 3.63) is 35.4 Å². The predicted molar refractivity (Wildman–Crippen MR) is 87.5 cm³/mol. The molecule has 0 spiro atoms. The van der Waals surface area contributed by atoms with Gasteiger partial charge in [0.25, 0.3) is 0 Å².